The smallest absolute Gasteiger partial charge is 0.210 e. The van der Waals surface area contributed by atoms with Gasteiger partial charge in [0.2, 0.25) is 5.72 Å². The number of aliphatic imine (C=N–C) groups is 1. The summed E-state index contributed by atoms with van der Waals surface area (Å²) in [4.78, 5) is 4.58. The fraction of sp³-hybridized carbons (Fsp3) is 0.278. The van der Waals surface area contributed by atoms with Gasteiger partial charge >= 0.3 is 0 Å². The van der Waals surface area contributed by atoms with Gasteiger partial charge < -0.3 is 5.11 Å². The molecule has 0 fully saturated rings. The van der Waals surface area contributed by atoms with Crippen LogP contribution in [0.1, 0.15) is 40.3 Å². The standard InChI is InChI=1S/C18H19NO/c1-11-9-12(2)17(13(3)10-11)18(20)16-8-6-5-7-15(16)14(4)19-18/h5-10,20H,1-4H3. The molecule has 1 unspecified atom stereocenters. The zero-order valence-electron chi connectivity index (χ0n) is 12.4. The van der Waals surface area contributed by atoms with Crippen LogP contribution >= 0.6 is 0 Å². The zero-order chi connectivity index (χ0) is 14.5. The molecule has 2 aromatic rings. The lowest BCUT2D eigenvalue weighted by Crippen LogP contribution is -2.25. The molecule has 0 amide bonds. The SMILES string of the molecule is CC1=NC(O)(c2c(C)cc(C)cc2C)c2ccccc21. The van der Waals surface area contributed by atoms with Gasteiger partial charge in [0, 0.05) is 22.4 Å². The van der Waals surface area contributed by atoms with Crippen LogP contribution in [0.5, 0.6) is 0 Å². The predicted molar refractivity (Wildman–Crippen MR) is 82.3 cm³/mol. The highest BCUT2D eigenvalue weighted by Crippen LogP contribution is 2.41. The average molecular weight is 265 g/mol. The van der Waals surface area contributed by atoms with Gasteiger partial charge in [-0.1, -0.05) is 42.0 Å². The summed E-state index contributed by atoms with van der Waals surface area (Å²) in [5, 5.41) is 11.3. The molecule has 1 N–H and O–H groups in total. The molecule has 20 heavy (non-hydrogen) atoms. The molecule has 0 spiro atoms. The van der Waals surface area contributed by atoms with Crippen molar-refractivity contribution in [2.45, 2.75) is 33.4 Å². The van der Waals surface area contributed by atoms with Crippen molar-refractivity contribution in [1.29, 1.82) is 0 Å². The van der Waals surface area contributed by atoms with E-state index in [1.54, 1.807) is 0 Å². The Kier molecular flexibility index (Phi) is 2.80. The van der Waals surface area contributed by atoms with Gasteiger partial charge in [-0.15, -0.1) is 0 Å². The van der Waals surface area contributed by atoms with Crippen molar-refractivity contribution in [3.05, 3.63) is 69.8 Å². The van der Waals surface area contributed by atoms with E-state index in [0.717, 1.165) is 33.5 Å². The van der Waals surface area contributed by atoms with Gasteiger partial charge in [-0.25, -0.2) is 4.99 Å². The molecule has 0 saturated carbocycles. The van der Waals surface area contributed by atoms with E-state index in [4.69, 9.17) is 0 Å². The minimum absolute atomic E-state index is 0.882. The number of hydrogen-bond acceptors (Lipinski definition) is 2. The van der Waals surface area contributed by atoms with Crippen LogP contribution in [-0.2, 0) is 5.72 Å². The zero-order valence-corrected chi connectivity index (χ0v) is 12.4. The van der Waals surface area contributed by atoms with Crippen molar-refractivity contribution < 1.29 is 5.11 Å². The molecule has 2 nitrogen and oxygen atoms in total. The molecular formula is C18H19NO. The van der Waals surface area contributed by atoms with E-state index in [0.29, 0.717) is 0 Å². The number of benzene rings is 2. The number of fused-ring (bicyclic) bond motifs is 1. The second-order valence-corrected chi connectivity index (χ2v) is 5.69. The number of hydrogen-bond donors (Lipinski definition) is 1. The number of aryl methyl sites for hydroxylation is 3. The molecule has 1 heterocycles. The van der Waals surface area contributed by atoms with Crippen molar-refractivity contribution in [3.63, 3.8) is 0 Å². The molecule has 0 saturated heterocycles. The summed E-state index contributed by atoms with van der Waals surface area (Å²) in [6, 6.07) is 12.1. The Morgan fingerprint density at radius 1 is 0.950 bits per heavy atom. The van der Waals surface area contributed by atoms with E-state index < -0.39 is 5.72 Å². The minimum Gasteiger partial charge on any atom is -0.362 e. The summed E-state index contributed by atoms with van der Waals surface area (Å²) in [5.74, 6) is 0. The molecule has 1 aliphatic heterocycles. The molecule has 1 atom stereocenters. The fourth-order valence-corrected chi connectivity index (χ4v) is 3.39. The van der Waals surface area contributed by atoms with E-state index in [-0.39, 0.29) is 0 Å². The highest BCUT2D eigenvalue weighted by molar-refractivity contribution is 6.03. The first-order valence-corrected chi connectivity index (χ1v) is 6.90. The molecule has 2 heteroatoms. The van der Waals surface area contributed by atoms with E-state index in [2.05, 4.69) is 24.0 Å². The van der Waals surface area contributed by atoms with Gasteiger partial charge in [0.05, 0.1) is 0 Å². The maximum absolute atomic E-state index is 11.3. The van der Waals surface area contributed by atoms with Gasteiger partial charge in [-0.3, -0.25) is 0 Å². The lowest BCUT2D eigenvalue weighted by atomic mass is 9.87. The Labute approximate surface area is 119 Å². The predicted octanol–water partition coefficient (Wildman–Crippen LogP) is 3.63. The Hall–Kier alpha value is -1.93. The third-order valence-corrected chi connectivity index (χ3v) is 4.05. The average Bonchev–Trinajstić information content (AvgIpc) is 2.61. The number of aliphatic hydroxyl groups is 1. The molecule has 0 aliphatic carbocycles. The van der Waals surface area contributed by atoms with Crippen LogP contribution in [0.15, 0.2) is 41.4 Å². The molecule has 102 valence electrons. The minimum atomic E-state index is -1.25. The van der Waals surface area contributed by atoms with Gasteiger partial charge in [0.15, 0.2) is 0 Å². The van der Waals surface area contributed by atoms with Crippen molar-refractivity contribution in [2.24, 2.45) is 4.99 Å². The first-order chi connectivity index (χ1) is 9.43. The van der Waals surface area contributed by atoms with E-state index in [1.165, 1.54) is 5.56 Å². The quantitative estimate of drug-likeness (QED) is 0.839. The monoisotopic (exact) mass is 265 g/mol. The topological polar surface area (TPSA) is 32.6 Å². The summed E-state index contributed by atoms with van der Waals surface area (Å²) in [7, 11) is 0. The fourth-order valence-electron chi connectivity index (χ4n) is 3.39. The van der Waals surface area contributed by atoms with Gasteiger partial charge in [-0.05, 0) is 38.8 Å². The van der Waals surface area contributed by atoms with Crippen LogP contribution in [0.25, 0.3) is 0 Å². The molecule has 0 bridgehead atoms. The van der Waals surface area contributed by atoms with Crippen LogP contribution in [0.2, 0.25) is 0 Å². The van der Waals surface area contributed by atoms with Crippen molar-refractivity contribution >= 4 is 5.71 Å². The summed E-state index contributed by atoms with van der Waals surface area (Å²) in [5.41, 5.74) is 5.84. The van der Waals surface area contributed by atoms with Crippen LogP contribution in [0, 0.1) is 20.8 Å². The second-order valence-electron chi connectivity index (χ2n) is 5.69. The maximum Gasteiger partial charge on any atom is 0.210 e. The Morgan fingerprint density at radius 2 is 1.55 bits per heavy atom. The first kappa shape index (κ1) is 13.1. The van der Waals surface area contributed by atoms with E-state index >= 15 is 0 Å². The second kappa shape index (κ2) is 4.29. The van der Waals surface area contributed by atoms with Gasteiger partial charge in [0.25, 0.3) is 0 Å². The van der Waals surface area contributed by atoms with Crippen LogP contribution in [0.3, 0.4) is 0 Å². The van der Waals surface area contributed by atoms with Gasteiger partial charge in [0.1, 0.15) is 0 Å². The van der Waals surface area contributed by atoms with Crippen LogP contribution < -0.4 is 0 Å². The number of nitrogens with zero attached hydrogens (tertiary/aromatic N) is 1. The summed E-state index contributed by atoms with van der Waals surface area (Å²) in [6.07, 6.45) is 0. The Morgan fingerprint density at radius 3 is 2.20 bits per heavy atom. The lowest BCUT2D eigenvalue weighted by molar-refractivity contribution is 0.0936. The third-order valence-electron chi connectivity index (χ3n) is 4.05. The number of rotatable bonds is 1. The summed E-state index contributed by atoms with van der Waals surface area (Å²) >= 11 is 0. The van der Waals surface area contributed by atoms with Crippen LogP contribution in [0.4, 0.5) is 0 Å². The molecule has 1 aliphatic rings. The molecule has 3 rings (SSSR count). The molecule has 0 aromatic heterocycles. The Balaban J connectivity index is 2.31. The summed E-state index contributed by atoms with van der Waals surface area (Å²) in [6.45, 7) is 8.11. The normalized spacial score (nSPS) is 20.8. The van der Waals surface area contributed by atoms with Crippen molar-refractivity contribution in [3.8, 4) is 0 Å². The van der Waals surface area contributed by atoms with Crippen molar-refractivity contribution in [1.82, 2.24) is 0 Å². The molecule has 2 aromatic carbocycles. The maximum atomic E-state index is 11.3. The summed E-state index contributed by atoms with van der Waals surface area (Å²) < 4.78 is 0. The molecular weight excluding hydrogens is 246 g/mol. The highest BCUT2D eigenvalue weighted by atomic mass is 16.3. The van der Waals surface area contributed by atoms with Crippen LogP contribution in [-0.4, -0.2) is 10.8 Å². The Bertz CT molecular complexity index is 707. The molecule has 0 radical (unpaired) electrons. The van der Waals surface area contributed by atoms with E-state index in [1.807, 2.05) is 45.0 Å². The highest BCUT2D eigenvalue weighted by Gasteiger charge is 2.40. The third kappa shape index (κ3) is 1.72. The van der Waals surface area contributed by atoms with E-state index in [9.17, 15) is 5.11 Å². The van der Waals surface area contributed by atoms with Gasteiger partial charge in [-0.2, -0.15) is 0 Å². The van der Waals surface area contributed by atoms with Crippen molar-refractivity contribution in [2.75, 3.05) is 0 Å². The first-order valence-electron chi connectivity index (χ1n) is 6.90. The largest absolute Gasteiger partial charge is 0.362 e. The lowest BCUT2D eigenvalue weighted by Gasteiger charge is -2.26.